The van der Waals surface area contributed by atoms with E-state index in [1.165, 1.54) is 22.0 Å². The van der Waals surface area contributed by atoms with Crippen LogP contribution in [0.25, 0.3) is 0 Å². The van der Waals surface area contributed by atoms with Gasteiger partial charge in [-0.25, -0.2) is 0 Å². The first-order chi connectivity index (χ1) is 6.36. The van der Waals surface area contributed by atoms with E-state index in [2.05, 4.69) is 53.4 Å². The van der Waals surface area contributed by atoms with Gasteiger partial charge in [-0.2, -0.15) is 0 Å². The molecule has 0 nitrogen and oxygen atoms in total. The Labute approximate surface area is 94.2 Å². The average Bonchev–Trinajstić information content (AvgIpc) is 2.17. The number of hydrogen-bond acceptors (Lipinski definition) is 0. The standard InChI is InChI=1S/C12H15I/c1-2-3-4-11-5-7-12(8-6-11)9-10-13/h2,5-8H,1,3-4,9-10H2. The lowest BCUT2D eigenvalue weighted by molar-refractivity contribution is 1.000. The Hall–Kier alpha value is -0.310. The van der Waals surface area contributed by atoms with Gasteiger partial charge in [-0.1, -0.05) is 52.9 Å². The molecule has 1 aromatic rings. The minimum absolute atomic E-state index is 1.08. The Balaban J connectivity index is 2.53. The fourth-order valence-electron chi connectivity index (χ4n) is 1.25. The highest BCUT2D eigenvalue weighted by Gasteiger charge is 1.93. The molecule has 0 spiro atoms. The van der Waals surface area contributed by atoms with Gasteiger partial charge < -0.3 is 0 Å². The number of rotatable bonds is 5. The average molecular weight is 286 g/mol. The van der Waals surface area contributed by atoms with E-state index < -0.39 is 0 Å². The summed E-state index contributed by atoms with van der Waals surface area (Å²) in [5.41, 5.74) is 2.86. The largest absolute Gasteiger partial charge is 0.103 e. The molecule has 0 saturated carbocycles. The molecule has 0 N–H and O–H groups in total. The van der Waals surface area contributed by atoms with Crippen LogP contribution in [0, 0.1) is 0 Å². The van der Waals surface area contributed by atoms with Crippen LogP contribution in [-0.2, 0) is 12.8 Å². The number of halogens is 1. The first-order valence-electron chi connectivity index (χ1n) is 4.61. The number of allylic oxidation sites excluding steroid dienone is 1. The van der Waals surface area contributed by atoms with E-state index in [0.29, 0.717) is 0 Å². The third-order valence-corrected chi connectivity index (χ3v) is 2.58. The topological polar surface area (TPSA) is 0 Å². The van der Waals surface area contributed by atoms with Gasteiger partial charge in [0.25, 0.3) is 0 Å². The molecular formula is C12H15I. The van der Waals surface area contributed by atoms with Crippen molar-refractivity contribution in [2.45, 2.75) is 19.3 Å². The second-order valence-corrected chi connectivity index (χ2v) is 4.16. The van der Waals surface area contributed by atoms with Crippen molar-refractivity contribution in [3.8, 4) is 0 Å². The lowest BCUT2D eigenvalue weighted by Gasteiger charge is -2.01. The molecule has 0 saturated heterocycles. The fourth-order valence-corrected chi connectivity index (χ4v) is 1.87. The maximum Gasteiger partial charge on any atom is 0.00358 e. The first kappa shape index (κ1) is 10.8. The van der Waals surface area contributed by atoms with Crippen molar-refractivity contribution in [3.05, 3.63) is 48.0 Å². The second-order valence-electron chi connectivity index (χ2n) is 3.08. The van der Waals surface area contributed by atoms with Gasteiger partial charge in [0.2, 0.25) is 0 Å². The zero-order valence-corrected chi connectivity index (χ0v) is 9.96. The quantitative estimate of drug-likeness (QED) is 0.439. The summed E-state index contributed by atoms with van der Waals surface area (Å²) < 4.78 is 1.20. The van der Waals surface area contributed by atoms with Crippen molar-refractivity contribution < 1.29 is 0 Å². The van der Waals surface area contributed by atoms with Crippen molar-refractivity contribution >= 4 is 22.6 Å². The summed E-state index contributed by atoms with van der Waals surface area (Å²) in [4.78, 5) is 0. The predicted octanol–water partition coefficient (Wildman–Crippen LogP) is 3.78. The normalized spacial score (nSPS) is 9.92. The second kappa shape index (κ2) is 6.19. The van der Waals surface area contributed by atoms with Gasteiger partial charge in [0.05, 0.1) is 0 Å². The van der Waals surface area contributed by atoms with Crippen LogP contribution in [0.3, 0.4) is 0 Å². The van der Waals surface area contributed by atoms with E-state index in [1.807, 2.05) is 6.08 Å². The molecule has 70 valence electrons. The molecule has 1 aromatic carbocycles. The van der Waals surface area contributed by atoms with Gasteiger partial charge in [-0.15, -0.1) is 6.58 Å². The van der Waals surface area contributed by atoms with Crippen LogP contribution in [-0.4, -0.2) is 4.43 Å². The van der Waals surface area contributed by atoms with E-state index in [4.69, 9.17) is 0 Å². The predicted molar refractivity (Wildman–Crippen MR) is 67.6 cm³/mol. The highest BCUT2D eigenvalue weighted by Crippen LogP contribution is 2.08. The van der Waals surface area contributed by atoms with Crippen LogP contribution in [0.2, 0.25) is 0 Å². The third kappa shape index (κ3) is 3.94. The minimum Gasteiger partial charge on any atom is -0.103 e. The molecule has 0 unspecified atom stereocenters. The minimum atomic E-state index is 1.08. The van der Waals surface area contributed by atoms with E-state index in [-0.39, 0.29) is 0 Å². The van der Waals surface area contributed by atoms with Crippen molar-refractivity contribution in [2.75, 3.05) is 4.43 Å². The summed E-state index contributed by atoms with van der Waals surface area (Å²) in [5.74, 6) is 0. The number of aryl methyl sites for hydroxylation is 2. The summed E-state index contributed by atoms with van der Waals surface area (Å²) >= 11 is 2.41. The van der Waals surface area contributed by atoms with Crippen LogP contribution < -0.4 is 0 Å². The lowest BCUT2D eigenvalue weighted by atomic mass is 10.1. The summed E-state index contributed by atoms with van der Waals surface area (Å²) in [5, 5.41) is 0. The van der Waals surface area contributed by atoms with Crippen molar-refractivity contribution in [1.82, 2.24) is 0 Å². The Morgan fingerprint density at radius 2 is 1.62 bits per heavy atom. The maximum absolute atomic E-state index is 3.72. The molecule has 0 heterocycles. The molecule has 0 amide bonds. The van der Waals surface area contributed by atoms with Crippen molar-refractivity contribution in [2.24, 2.45) is 0 Å². The summed E-state index contributed by atoms with van der Waals surface area (Å²) in [6, 6.07) is 8.92. The van der Waals surface area contributed by atoms with Gasteiger partial charge in [0.1, 0.15) is 0 Å². The van der Waals surface area contributed by atoms with Crippen molar-refractivity contribution in [1.29, 1.82) is 0 Å². The molecule has 13 heavy (non-hydrogen) atoms. The van der Waals surface area contributed by atoms with Crippen LogP contribution >= 0.6 is 22.6 Å². The maximum atomic E-state index is 3.72. The number of alkyl halides is 1. The Morgan fingerprint density at radius 1 is 1.08 bits per heavy atom. The molecule has 0 aromatic heterocycles. The molecule has 1 heteroatoms. The summed E-state index contributed by atoms with van der Waals surface area (Å²) in [7, 11) is 0. The van der Waals surface area contributed by atoms with Gasteiger partial charge in [0, 0.05) is 4.43 Å². The monoisotopic (exact) mass is 286 g/mol. The summed E-state index contributed by atoms with van der Waals surface area (Å²) in [6.07, 6.45) is 5.35. The smallest absolute Gasteiger partial charge is 0.00358 e. The van der Waals surface area contributed by atoms with Crippen molar-refractivity contribution in [3.63, 3.8) is 0 Å². The number of benzene rings is 1. The highest BCUT2D eigenvalue weighted by atomic mass is 127. The molecule has 1 rings (SSSR count). The molecule has 0 aliphatic heterocycles. The highest BCUT2D eigenvalue weighted by molar-refractivity contribution is 14.1. The lowest BCUT2D eigenvalue weighted by Crippen LogP contribution is -1.87. The zero-order valence-electron chi connectivity index (χ0n) is 7.80. The molecule has 0 fully saturated rings. The van der Waals surface area contributed by atoms with Crippen LogP contribution in [0.15, 0.2) is 36.9 Å². The molecule has 0 aliphatic rings. The Bertz CT molecular complexity index is 248. The van der Waals surface area contributed by atoms with E-state index in [0.717, 1.165) is 12.8 Å². The SMILES string of the molecule is C=CCCc1ccc(CCI)cc1. The van der Waals surface area contributed by atoms with Crippen LogP contribution in [0.5, 0.6) is 0 Å². The van der Waals surface area contributed by atoms with Gasteiger partial charge in [-0.05, 0) is 30.4 Å². The van der Waals surface area contributed by atoms with Gasteiger partial charge >= 0.3 is 0 Å². The third-order valence-electron chi connectivity index (χ3n) is 2.04. The summed E-state index contributed by atoms with van der Waals surface area (Å²) in [6.45, 7) is 3.72. The molecule has 0 bridgehead atoms. The molecule has 0 aliphatic carbocycles. The van der Waals surface area contributed by atoms with Crippen LogP contribution in [0.1, 0.15) is 17.5 Å². The van der Waals surface area contributed by atoms with E-state index in [9.17, 15) is 0 Å². The molecular weight excluding hydrogens is 271 g/mol. The molecule has 0 radical (unpaired) electrons. The fraction of sp³-hybridized carbons (Fsp3) is 0.333. The van der Waals surface area contributed by atoms with Gasteiger partial charge in [0.15, 0.2) is 0 Å². The first-order valence-corrected chi connectivity index (χ1v) is 6.14. The zero-order chi connectivity index (χ0) is 9.52. The van der Waals surface area contributed by atoms with Gasteiger partial charge in [-0.3, -0.25) is 0 Å². The Kier molecular flexibility index (Phi) is 5.13. The van der Waals surface area contributed by atoms with E-state index >= 15 is 0 Å². The molecule has 0 atom stereocenters. The van der Waals surface area contributed by atoms with Crippen LogP contribution in [0.4, 0.5) is 0 Å². The number of hydrogen-bond donors (Lipinski definition) is 0. The van der Waals surface area contributed by atoms with E-state index in [1.54, 1.807) is 0 Å². The Morgan fingerprint density at radius 3 is 2.08 bits per heavy atom.